The molecule has 2 aromatic rings. The molecule has 0 aromatic heterocycles. The summed E-state index contributed by atoms with van der Waals surface area (Å²) in [5.74, 6) is -0.940. The quantitative estimate of drug-likeness (QED) is 0.813. The molecule has 94 valence electrons. The second-order valence-corrected chi connectivity index (χ2v) is 4.30. The highest BCUT2D eigenvalue weighted by molar-refractivity contribution is 6.05. The van der Waals surface area contributed by atoms with Crippen molar-refractivity contribution in [3.05, 3.63) is 41.0 Å². The second kappa shape index (κ2) is 4.69. The van der Waals surface area contributed by atoms with Crippen LogP contribution in [0.3, 0.4) is 0 Å². The van der Waals surface area contributed by atoms with Crippen LogP contribution in [0.25, 0.3) is 10.8 Å². The Kier molecular flexibility index (Phi) is 3.24. The van der Waals surface area contributed by atoms with Gasteiger partial charge in [0.15, 0.2) is 0 Å². The van der Waals surface area contributed by atoms with Crippen LogP contribution in [-0.4, -0.2) is 11.1 Å². The van der Waals surface area contributed by atoms with Gasteiger partial charge in [-0.2, -0.15) is 0 Å². The zero-order valence-electron chi connectivity index (χ0n) is 10.7. The molecule has 0 radical (unpaired) electrons. The number of aromatic carboxylic acids is 1. The zero-order valence-corrected chi connectivity index (χ0v) is 10.7. The summed E-state index contributed by atoms with van der Waals surface area (Å²) in [6, 6.07) is 7.87. The van der Waals surface area contributed by atoms with E-state index in [2.05, 4.69) is 0 Å². The molecule has 0 spiro atoms. The number of carbonyl (C=O) groups is 1. The fourth-order valence-electron chi connectivity index (χ4n) is 2.60. The minimum Gasteiger partial charge on any atom is -0.478 e. The Morgan fingerprint density at radius 1 is 1.11 bits per heavy atom. The molecule has 0 atom stereocenters. The van der Waals surface area contributed by atoms with Gasteiger partial charge in [0.25, 0.3) is 0 Å². The van der Waals surface area contributed by atoms with E-state index < -0.39 is 5.97 Å². The number of benzene rings is 2. The van der Waals surface area contributed by atoms with Crippen molar-refractivity contribution in [3.8, 4) is 0 Å². The molecule has 3 N–H and O–H groups in total. The molecule has 3 nitrogen and oxygen atoms in total. The average molecular weight is 243 g/mol. The van der Waals surface area contributed by atoms with E-state index in [1.54, 1.807) is 0 Å². The lowest BCUT2D eigenvalue weighted by Gasteiger charge is -2.16. The lowest BCUT2D eigenvalue weighted by atomic mass is 9.90. The van der Waals surface area contributed by atoms with Gasteiger partial charge in [-0.3, -0.25) is 0 Å². The van der Waals surface area contributed by atoms with Crippen LogP contribution < -0.4 is 5.73 Å². The van der Waals surface area contributed by atoms with E-state index in [4.69, 9.17) is 5.73 Å². The van der Waals surface area contributed by atoms with Crippen LogP contribution in [0, 0.1) is 0 Å². The first kappa shape index (κ1) is 12.4. The van der Waals surface area contributed by atoms with E-state index in [9.17, 15) is 9.90 Å². The highest BCUT2D eigenvalue weighted by Gasteiger charge is 2.19. The van der Waals surface area contributed by atoms with Crippen LogP contribution in [0.15, 0.2) is 24.3 Å². The summed E-state index contributed by atoms with van der Waals surface area (Å²) in [5.41, 5.74) is 8.50. The first-order valence-corrected chi connectivity index (χ1v) is 6.17. The summed E-state index contributed by atoms with van der Waals surface area (Å²) in [5, 5.41) is 11.4. The van der Waals surface area contributed by atoms with Crippen LogP contribution in [0.1, 0.15) is 35.3 Å². The predicted molar refractivity (Wildman–Crippen MR) is 74.1 cm³/mol. The second-order valence-electron chi connectivity index (χ2n) is 4.30. The Balaban J connectivity index is 3.00. The highest BCUT2D eigenvalue weighted by Crippen LogP contribution is 2.33. The number of fused-ring (bicyclic) bond motifs is 1. The van der Waals surface area contributed by atoms with Crippen LogP contribution >= 0.6 is 0 Å². The number of nitrogens with two attached hydrogens (primary N) is 1. The summed E-state index contributed by atoms with van der Waals surface area (Å²) >= 11 is 0. The topological polar surface area (TPSA) is 63.3 Å². The molecule has 0 unspecified atom stereocenters. The van der Waals surface area contributed by atoms with Crippen molar-refractivity contribution in [1.29, 1.82) is 0 Å². The number of carboxylic acids is 1. The van der Waals surface area contributed by atoms with E-state index in [0.717, 1.165) is 28.3 Å². The molecule has 0 saturated carbocycles. The van der Waals surface area contributed by atoms with Crippen LogP contribution in [0.5, 0.6) is 0 Å². The number of nitrogen functional groups attached to an aromatic ring is 1. The predicted octanol–water partition coefficient (Wildman–Crippen LogP) is 3.25. The molecule has 0 aliphatic rings. The number of hydrogen-bond donors (Lipinski definition) is 2. The Morgan fingerprint density at radius 3 is 2.06 bits per heavy atom. The lowest BCUT2D eigenvalue weighted by molar-refractivity contribution is 0.0697. The summed E-state index contributed by atoms with van der Waals surface area (Å²) in [7, 11) is 0. The Morgan fingerprint density at radius 2 is 1.61 bits per heavy atom. The Hall–Kier alpha value is -2.03. The first-order valence-electron chi connectivity index (χ1n) is 6.17. The van der Waals surface area contributed by atoms with Gasteiger partial charge in [0.1, 0.15) is 0 Å². The number of carboxylic acid groups (broad SMARTS) is 1. The van der Waals surface area contributed by atoms with Gasteiger partial charge in [-0.15, -0.1) is 0 Å². The molecular weight excluding hydrogens is 226 g/mol. The van der Waals surface area contributed by atoms with Gasteiger partial charge in [-0.25, -0.2) is 4.79 Å². The van der Waals surface area contributed by atoms with Crippen molar-refractivity contribution in [2.24, 2.45) is 0 Å². The number of hydrogen-bond acceptors (Lipinski definition) is 2. The summed E-state index contributed by atoms with van der Waals surface area (Å²) in [6.45, 7) is 3.95. The van der Waals surface area contributed by atoms with E-state index in [1.807, 2.05) is 38.1 Å². The van der Waals surface area contributed by atoms with Crippen LogP contribution in [-0.2, 0) is 12.8 Å². The average Bonchev–Trinajstić information content (AvgIpc) is 2.36. The van der Waals surface area contributed by atoms with Gasteiger partial charge >= 0.3 is 5.97 Å². The zero-order chi connectivity index (χ0) is 13.3. The molecule has 0 fully saturated rings. The molecular formula is C15H17NO2. The first-order chi connectivity index (χ1) is 8.61. The molecule has 0 amide bonds. The molecule has 0 heterocycles. The monoisotopic (exact) mass is 243 g/mol. The van der Waals surface area contributed by atoms with Crippen molar-refractivity contribution in [2.45, 2.75) is 26.7 Å². The maximum absolute atomic E-state index is 11.4. The summed E-state index contributed by atoms with van der Waals surface area (Å²) in [6.07, 6.45) is 1.40. The lowest BCUT2D eigenvalue weighted by Crippen LogP contribution is -2.10. The van der Waals surface area contributed by atoms with Crippen molar-refractivity contribution in [3.63, 3.8) is 0 Å². The third kappa shape index (κ3) is 1.72. The van der Waals surface area contributed by atoms with Gasteiger partial charge < -0.3 is 10.8 Å². The molecule has 2 rings (SSSR count). The number of rotatable bonds is 3. The molecule has 0 aliphatic heterocycles. The maximum Gasteiger partial charge on any atom is 0.338 e. The van der Waals surface area contributed by atoms with Gasteiger partial charge in [-0.1, -0.05) is 38.1 Å². The van der Waals surface area contributed by atoms with E-state index in [1.165, 1.54) is 0 Å². The third-order valence-electron chi connectivity index (χ3n) is 3.39. The van der Waals surface area contributed by atoms with Crippen molar-refractivity contribution < 1.29 is 9.90 Å². The van der Waals surface area contributed by atoms with E-state index >= 15 is 0 Å². The number of anilines is 1. The van der Waals surface area contributed by atoms with E-state index in [0.29, 0.717) is 12.1 Å². The van der Waals surface area contributed by atoms with Crippen molar-refractivity contribution in [1.82, 2.24) is 0 Å². The highest BCUT2D eigenvalue weighted by atomic mass is 16.4. The summed E-state index contributed by atoms with van der Waals surface area (Å²) < 4.78 is 0. The minimum absolute atomic E-state index is 0.271. The van der Waals surface area contributed by atoms with Gasteiger partial charge in [0.2, 0.25) is 0 Å². The normalized spacial score (nSPS) is 10.8. The molecule has 0 saturated heterocycles. The summed E-state index contributed by atoms with van der Waals surface area (Å²) in [4.78, 5) is 11.4. The van der Waals surface area contributed by atoms with Crippen molar-refractivity contribution >= 4 is 22.4 Å². The van der Waals surface area contributed by atoms with Gasteiger partial charge in [-0.05, 0) is 34.7 Å². The Bertz CT molecular complexity index is 617. The largest absolute Gasteiger partial charge is 0.478 e. The SMILES string of the molecule is CCc1c(N)c(C(=O)O)c(CC)c2ccccc12. The smallest absolute Gasteiger partial charge is 0.338 e. The van der Waals surface area contributed by atoms with Crippen LogP contribution in [0.4, 0.5) is 5.69 Å². The molecule has 0 bridgehead atoms. The minimum atomic E-state index is -0.940. The van der Waals surface area contributed by atoms with Crippen LogP contribution in [0.2, 0.25) is 0 Å². The maximum atomic E-state index is 11.4. The standard InChI is InChI=1S/C15H17NO2/c1-3-9-11-7-5-6-8-12(11)10(4-2)14(16)13(9)15(17)18/h5-8H,3-4,16H2,1-2H3,(H,17,18). The third-order valence-corrected chi connectivity index (χ3v) is 3.39. The molecule has 3 heteroatoms. The fraction of sp³-hybridized carbons (Fsp3) is 0.267. The fourth-order valence-corrected chi connectivity index (χ4v) is 2.60. The van der Waals surface area contributed by atoms with E-state index in [-0.39, 0.29) is 5.56 Å². The molecule has 2 aromatic carbocycles. The molecule has 0 aliphatic carbocycles. The molecule has 18 heavy (non-hydrogen) atoms. The number of aryl methyl sites for hydroxylation is 2. The van der Waals surface area contributed by atoms with Crippen molar-refractivity contribution in [2.75, 3.05) is 5.73 Å². The van der Waals surface area contributed by atoms with Gasteiger partial charge in [0, 0.05) is 0 Å². The van der Waals surface area contributed by atoms with Gasteiger partial charge in [0.05, 0.1) is 11.3 Å². The Labute approximate surface area is 106 Å².